The number of nitrogens with zero attached hydrogens (tertiary/aromatic N) is 1. The van der Waals surface area contributed by atoms with Gasteiger partial charge in [0.2, 0.25) is 0 Å². The van der Waals surface area contributed by atoms with Gasteiger partial charge in [0.1, 0.15) is 6.61 Å². The van der Waals surface area contributed by atoms with Gasteiger partial charge in [-0.05, 0) is 37.3 Å². The normalized spacial score (nSPS) is 19.4. The van der Waals surface area contributed by atoms with Gasteiger partial charge in [0.15, 0.2) is 0 Å². The van der Waals surface area contributed by atoms with E-state index in [9.17, 15) is 9.90 Å². The molecule has 1 aromatic carbocycles. The van der Waals surface area contributed by atoms with Crippen LogP contribution in [0.3, 0.4) is 0 Å². The molecule has 1 aliphatic heterocycles. The topological polar surface area (TPSA) is 61.8 Å². The van der Waals surface area contributed by atoms with E-state index in [1.54, 1.807) is 4.90 Å². The maximum Gasteiger partial charge on any atom is 0.410 e. The quantitative estimate of drug-likeness (QED) is 0.810. The molecule has 1 aromatic rings. The van der Waals surface area contributed by atoms with Gasteiger partial charge in [0.05, 0.1) is 0 Å². The molecule has 0 saturated carbocycles. The monoisotopic (exact) mass is 320 g/mol. The van der Waals surface area contributed by atoms with Crippen molar-refractivity contribution >= 4 is 6.09 Å². The molecule has 0 radical (unpaired) electrons. The van der Waals surface area contributed by atoms with Crippen LogP contribution in [0.2, 0.25) is 0 Å². The van der Waals surface area contributed by atoms with Crippen molar-refractivity contribution in [1.29, 1.82) is 0 Å². The molecule has 128 valence electrons. The molecule has 2 atom stereocenters. The minimum atomic E-state index is -0.238. The Kier molecular flexibility index (Phi) is 7.36. The molecular weight excluding hydrogens is 292 g/mol. The van der Waals surface area contributed by atoms with Crippen LogP contribution >= 0.6 is 0 Å². The Hall–Kier alpha value is -1.59. The van der Waals surface area contributed by atoms with E-state index in [-0.39, 0.29) is 18.7 Å². The summed E-state index contributed by atoms with van der Waals surface area (Å²) in [5.41, 5.74) is 1.00. The smallest absolute Gasteiger partial charge is 0.410 e. The van der Waals surface area contributed by atoms with Gasteiger partial charge in [-0.3, -0.25) is 0 Å². The molecule has 5 heteroatoms. The summed E-state index contributed by atoms with van der Waals surface area (Å²) in [4.78, 5) is 14.1. The second-order valence-electron chi connectivity index (χ2n) is 6.06. The molecule has 1 heterocycles. The SMILES string of the molecule is CCN[C@H](CCO)[C@H]1CCCN(C(=O)OCc2ccccc2)C1. The molecule has 0 aromatic heterocycles. The largest absolute Gasteiger partial charge is 0.445 e. The fourth-order valence-electron chi connectivity index (χ4n) is 3.22. The molecule has 1 aliphatic rings. The number of likely N-dealkylation sites (tertiary alicyclic amines) is 1. The Morgan fingerprint density at radius 1 is 1.43 bits per heavy atom. The molecule has 1 amide bonds. The van der Waals surface area contributed by atoms with Crippen molar-refractivity contribution in [2.75, 3.05) is 26.2 Å². The van der Waals surface area contributed by atoms with E-state index in [1.807, 2.05) is 30.3 Å². The van der Waals surface area contributed by atoms with Gasteiger partial charge >= 0.3 is 6.09 Å². The molecule has 0 bridgehead atoms. The third kappa shape index (κ3) is 5.52. The second-order valence-corrected chi connectivity index (χ2v) is 6.06. The molecule has 0 unspecified atom stereocenters. The lowest BCUT2D eigenvalue weighted by atomic mass is 9.89. The number of aliphatic hydroxyl groups is 1. The first-order valence-electron chi connectivity index (χ1n) is 8.54. The first kappa shape index (κ1) is 17.8. The van der Waals surface area contributed by atoms with Crippen LogP contribution in [0.5, 0.6) is 0 Å². The van der Waals surface area contributed by atoms with E-state index in [0.29, 0.717) is 19.1 Å². The number of carbonyl (C=O) groups excluding carboxylic acids is 1. The second kappa shape index (κ2) is 9.53. The minimum Gasteiger partial charge on any atom is -0.445 e. The number of hydrogen-bond acceptors (Lipinski definition) is 4. The number of amides is 1. The molecule has 2 N–H and O–H groups in total. The lowest BCUT2D eigenvalue weighted by molar-refractivity contribution is 0.0714. The van der Waals surface area contributed by atoms with Gasteiger partial charge in [0, 0.05) is 25.7 Å². The summed E-state index contributed by atoms with van der Waals surface area (Å²) in [6, 6.07) is 9.99. The minimum absolute atomic E-state index is 0.173. The number of piperidine rings is 1. The van der Waals surface area contributed by atoms with Crippen LogP contribution in [0, 0.1) is 5.92 Å². The highest BCUT2D eigenvalue weighted by atomic mass is 16.6. The predicted molar refractivity (Wildman–Crippen MR) is 90.1 cm³/mol. The van der Waals surface area contributed by atoms with E-state index >= 15 is 0 Å². The number of ether oxygens (including phenoxy) is 1. The van der Waals surface area contributed by atoms with E-state index in [0.717, 1.165) is 37.9 Å². The summed E-state index contributed by atoms with van der Waals surface area (Å²) in [6.07, 6.45) is 2.56. The van der Waals surface area contributed by atoms with Gasteiger partial charge in [-0.15, -0.1) is 0 Å². The van der Waals surface area contributed by atoms with Crippen LogP contribution in [0.4, 0.5) is 4.79 Å². The number of carbonyl (C=O) groups is 1. The molecule has 1 fully saturated rings. The fraction of sp³-hybridized carbons (Fsp3) is 0.611. The highest BCUT2D eigenvalue weighted by Crippen LogP contribution is 2.22. The van der Waals surface area contributed by atoms with E-state index in [4.69, 9.17) is 4.74 Å². The third-order valence-electron chi connectivity index (χ3n) is 4.40. The van der Waals surface area contributed by atoms with Crippen molar-refractivity contribution in [3.05, 3.63) is 35.9 Å². The zero-order valence-electron chi connectivity index (χ0n) is 13.9. The van der Waals surface area contributed by atoms with Gasteiger partial charge in [-0.2, -0.15) is 0 Å². The van der Waals surface area contributed by atoms with Crippen molar-refractivity contribution in [2.24, 2.45) is 5.92 Å². The summed E-state index contributed by atoms with van der Waals surface area (Å²) in [5.74, 6) is 0.375. The summed E-state index contributed by atoms with van der Waals surface area (Å²) >= 11 is 0. The zero-order valence-corrected chi connectivity index (χ0v) is 13.9. The summed E-state index contributed by atoms with van der Waals surface area (Å²) in [5, 5.41) is 12.7. The van der Waals surface area contributed by atoms with E-state index < -0.39 is 0 Å². The Balaban J connectivity index is 1.85. The van der Waals surface area contributed by atoms with Crippen LogP contribution in [-0.2, 0) is 11.3 Å². The molecule has 0 spiro atoms. The number of benzene rings is 1. The average Bonchev–Trinajstić information content (AvgIpc) is 2.60. The van der Waals surface area contributed by atoms with Crippen molar-refractivity contribution < 1.29 is 14.6 Å². The summed E-state index contributed by atoms with van der Waals surface area (Å²) in [7, 11) is 0. The van der Waals surface area contributed by atoms with Crippen molar-refractivity contribution in [1.82, 2.24) is 10.2 Å². The Morgan fingerprint density at radius 2 is 2.22 bits per heavy atom. The van der Waals surface area contributed by atoms with Gasteiger partial charge in [0.25, 0.3) is 0 Å². The molecule has 5 nitrogen and oxygen atoms in total. The highest BCUT2D eigenvalue weighted by Gasteiger charge is 2.29. The highest BCUT2D eigenvalue weighted by molar-refractivity contribution is 5.67. The molecule has 1 saturated heterocycles. The Labute approximate surface area is 138 Å². The Bertz CT molecular complexity index is 461. The first-order valence-corrected chi connectivity index (χ1v) is 8.54. The Morgan fingerprint density at radius 3 is 2.91 bits per heavy atom. The van der Waals surface area contributed by atoms with Crippen molar-refractivity contribution in [2.45, 2.75) is 38.8 Å². The van der Waals surface area contributed by atoms with Crippen LogP contribution < -0.4 is 5.32 Å². The molecular formula is C18H28N2O3. The molecule has 23 heavy (non-hydrogen) atoms. The number of aliphatic hydroxyl groups excluding tert-OH is 1. The number of nitrogens with one attached hydrogen (secondary N) is 1. The first-order chi connectivity index (χ1) is 11.2. The zero-order chi connectivity index (χ0) is 16.5. The number of rotatable bonds is 7. The number of hydrogen-bond donors (Lipinski definition) is 2. The van der Waals surface area contributed by atoms with E-state index in [1.165, 1.54) is 0 Å². The average molecular weight is 320 g/mol. The van der Waals surface area contributed by atoms with Crippen molar-refractivity contribution in [3.8, 4) is 0 Å². The maximum absolute atomic E-state index is 12.3. The van der Waals surface area contributed by atoms with Crippen molar-refractivity contribution in [3.63, 3.8) is 0 Å². The van der Waals surface area contributed by atoms with Crippen LogP contribution in [-0.4, -0.2) is 48.4 Å². The van der Waals surface area contributed by atoms with Gasteiger partial charge in [-0.25, -0.2) is 4.79 Å². The van der Waals surface area contributed by atoms with Crippen LogP contribution in [0.1, 0.15) is 31.7 Å². The fourth-order valence-corrected chi connectivity index (χ4v) is 3.22. The lowest BCUT2D eigenvalue weighted by Crippen LogP contribution is -2.48. The van der Waals surface area contributed by atoms with Gasteiger partial charge < -0.3 is 20.1 Å². The lowest BCUT2D eigenvalue weighted by Gasteiger charge is -2.36. The third-order valence-corrected chi connectivity index (χ3v) is 4.40. The van der Waals surface area contributed by atoms with Gasteiger partial charge in [-0.1, -0.05) is 37.3 Å². The summed E-state index contributed by atoms with van der Waals surface area (Å²) < 4.78 is 5.43. The van der Waals surface area contributed by atoms with Crippen LogP contribution in [0.15, 0.2) is 30.3 Å². The van der Waals surface area contributed by atoms with Crippen LogP contribution in [0.25, 0.3) is 0 Å². The molecule has 0 aliphatic carbocycles. The molecule has 2 rings (SSSR count). The predicted octanol–water partition coefficient (Wildman–Crippen LogP) is 2.40. The van der Waals surface area contributed by atoms with E-state index in [2.05, 4.69) is 12.2 Å². The standard InChI is InChI=1S/C18H28N2O3/c1-2-19-17(10-12-21)16-9-6-11-20(13-16)18(22)23-14-15-7-4-3-5-8-15/h3-5,7-8,16-17,19,21H,2,6,9-14H2,1H3/t16-,17+/m0/s1. The maximum atomic E-state index is 12.3. The summed E-state index contributed by atoms with van der Waals surface area (Å²) in [6.45, 7) is 4.88.